The number of amides is 2. The van der Waals surface area contributed by atoms with Crippen LogP contribution in [-0.2, 0) is 21.5 Å². The van der Waals surface area contributed by atoms with E-state index < -0.39 is 40.1 Å². The summed E-state index contributed by atoms with van der Waals surface area (Å²) in [4.78, 5) is 52.2. The fourth-order valence-electron chi connectivity index (χ4n) is 5.69. The highest BCUT2D eigenvalue weighted by Crippen LogP contribution is 2.56. The maximum absolute atomic E-state index is 13.7. The van der Waals surface area contributed by atoms with Crippen molar-refractivity contribution in [1.82, 2.24) is 5.32 Å². The third kappa shape index (κ3) is 5.30. The standard InChI is InChI=1S/C33H28Cl2N2O8/c1-14-8-18(37-31(42)19-7-6-17(34)10-21(19)35)9-15(2)20(14)13-36-32(43)27-24(44-5)11-23(40)28-29(27)45-25-12-22(39)26(16(3)38)30(41)33(25,28)4/h6-12,39-40H,13H2,1-5H3,(H,36,43)(H,37,42)/t33-/m1/s1. The molecule has 0 fully saturated rings. The van der Waals surface area contributed by atoms with Gasteiger partial charge in [-0.1, -0.05) is 23.2 Å². The Balaban J connectivity index is 1.43. The Hall–Kier alpha value is -4.80. The third-order valence-corrected chi connectivity index (χ3v) is 8.54. The SMILES string of the molecule is COc1cc(O)c2c(c1C(=O)NCc1c(C)cc(NC(=O)c3ccc(Cl)cc3Cl)cc1C)OC1=CC(O)=C(C(C)=O)C(=O)[C@]12C. The summed E-state index contributed by atoms with van der Waals surface area (Å²) in [6.45, 7) is 6.33. The van der Waals surface area contributed by atoms with Gasteiger partial charge in [-0.15, -0.1) is 0 Å². The largest absolute Gasteiger partial charge is 0.507 e. The van der Waals surface area contributed by atoms with Crippen molar-refractivity contribution < 1.29 is 38.9 Å². The lowest BCUT2D eigenvalue weighted by atomic mass is 9.71. The number of aryl methyl sites for hydroxylation is 2. The van der Waals surface area contributed by atoms with Crippen molar-refractivity contribution in [3.05, 3.63) is 103 Å². The minimum Gasteiger partial charge on any atom is -0.507 e. The predicted octanol–water partition coefficient (Wildman–Crippen LogP) is 6.02. The summed E-state index contributed by atoms with van der Waals surface area (Å²) in [5, 5.41) is 27.6. The summed E-state index contributed by atoms with van der Waals surface area (Å²) in [7, 11) is 1.31. The van der Waals surface area contributed by atoms with Gasteiger partial charge in [-0.25, -0.2) is 0 Å². The number of aliphatic hydroxyl groups excluding tert-OH is 1. The first-order valence-electron chi connectivity index (χ1n) is 13.7. The van der Waals surface area contributed by atoms with E-state index in [-0.39, 0.29) is 51.3 Å². The molecule has 0 bridgehead atoms. The van der Waals surface area contributed by atoms with E-state index in [4.69, 9.17) is 32.7 Å². The molecule has 1 atom stereocenters. The monoisotopic (exact) mass is 650 g/mol. The second-order valence-corrected chi connectivity index (χ2v) is 11.8. The van der Waals surface area contributed by atoms with Crippen molar-refractivity contribution in [3.8, 4) is 17.2 Å². The smallest absolute Gasteiger partial charge is 0.259 e. The van der Waals surface area contributed by atoms with Crippen molar-refractivity contribution in [1.29, 1.82) is 0 Å². The number of halogens is 2. The van der Waals surface area contributed by atoms with Crippen LogP contribution < -0.4 is 20.1 Å². The van der Waals surface area contributed by atoms with Crippen molar-refractivity contribution >= 4 is 52.3 Å². The van der Waals surface area contributed by atoms with Gasteiger partial charge >= 0.3 is 0 Å². The molecule has 1 aliphatic carbocycles. The number of hydrogen-bond acceptors (Lipinski definition) is 8. The molecule has 0 saturated heterocycles. The topological polar surface area (TPSA) is 151 Å². The summed E-state index contributed by atoms with van der Waals surface area (Å²) in [6.07, 6.45) is 1.14. The van der Waals surface area contributed by atoms with E-state index in [2.05, 4.69) is 10.6 Å². The molecule has 45 heavy (non-hydrogen) atoms. The number of rotatable bonds is 7. The number of allylic oxidation sites excluding steroid dienone is 3. The van der Waals surface area contributed by atoms with Crippen LogP contribution in [0.2, 0.25) is 10.0 Å². The summed E-state index contributed by atoms with van der Waals surface area (Å²) in [5.41, 5.74) is 0.914. The molecule has 1 heterocycles. The van der Waals surface area contributed by atoms with Gasteiger partial charge in [-0.05, 0) is 74.7 Å². The number of ketones is 2. The van der Waals surface area contributed by atoms with Crippen molar-refractivity contribution in [2.75, 3.05) is 12.4 Å². The Kier molecular flexibility index (Phi) is 8.16. The highest BCUT2D eigenvalue weighted by atomic mass is 35.5. The number of ether oxygens (including phenoxy) is 2. The lowest BCUT2D eigenvalue weighted by molar-refractivity contribution is -0.123. The highest BCUT2D eigenvalue weighted by Gasteiger charge is 2.55. The zero-order chi connectivity index (χ0) is 33.0. The lowest BCUT2D eigenvalue weighted by Crippen LogP contribution is -2.38. The number of aromatic hydroxyl groups is 1. The first-order valence-corrected chi connectivity index (χ1v) is 14.4. The van der Waals surface area contributed by atoms with E-state index in [0.717, 1.165) is 29.7 Å². The number of nitrogens with one attached hydrogen (secondary N) is 2. The van der Waals surface area contributed by atoms with E-state index in [1.54, 1.807) is 18.2 Å². The Morgan fingerprint density at radius 2 is 1.69 bits per heavy atom. The minimum atomic E-state index is -1.67. The van der Waals surface area contributed by atoms with Gasteiger partial charge in [0.15, 0.2) is 17.3 Å². The van der Waals surface area contributed by atoms with Crippen LogP contribution in [0.25, 0.3) is 0 Å². The molecule has 5 rings (SSSR count). The number of anilines is 1. The van der Waals surface area contributed by atoms with Gasteiger partial charge in [0.2, 0.25) is 0 Å². The molecule has 3 aromatic carbocycles. The molecule has 0 unspecified atom stereocenters. The average molecular weight is 651 g/mol. The zero-order valence-electron chi connectivity index (χ0n) is 24.8. The summed E-state index contributed by atoms with van der Waals surface area (Å²) in [5.74, 6) is -3.61. The van der Waals surface area contributed by atoms with Crippen LogP contribution in [0, 0.1) is 13.8 Å². The number of Topliss-reactive ketones (excluding diaryl/α,β-unsaturated/α-hetero) is 2. The van der Waals surface area contributed by atoms with Gasteiger partial charge in [0.1, 0.15) is 39.6 Å². The normalized spacial score (nSPS) is 16.8. The van der Waals surface area contributed by atoms with Crippen molar-refractivity contribution in [2.45, 2.75) is 39.7 Å². The van der Waals surface area contributed by atoms with Crippen LogP contribution in [-0.4, -0.2) is 40.7 Å². The Labute approximate surface area is 268 Å². The Morgan fingerprint density at radius 3 is 2.29 bits per heavy atom. The number of methoxy groups -OCH3 is 1. The molecule has 3 aromatic rings. The van der Waals surface area contributed by atoms with E-state index in [1.165, 1.54) is 32.2 Å². The number of carbonyl (C=O) groups is 4. The van der Waals surface area contributed by atoms with E-state index in [9.17, 15) is 29.4 Å². The summed E-state index contributed by atoms with van der Waals surface area (Å²) in [6, 6.07) is 9.30. The van der Waals surface area contributed by atoms with Gasteiger partial charge in [0.05, 0.1) is 23.3 Å². The molecule has 0 radical (unpaired) electrons. The number of fused-ring (bicyclic) bond motifs is 3. The third-order valence-electron chi connectivity index (χ3n) is 7.99. The molecule has 2 aliphatic rings. The molecular formula is C33H28Cl2N2O8. The molecule has 0 saturated carbocycles. The summed E-state index contributed by atoms with van der Waals surface area (Å²) < 4.78 is 11.3. The van der Waals surface area contributed by atoms with E-state index in [0.29, 0.717) is 10.7 Å². The van der Waals surface area contributed by atoms with Crippen LogP contribution in [0.4, 0.5) is 5.69 Å². The maximum Gasteiger partial charge on any atom is 0.259 e. The molecule has 232 valence electrons. The fraction of sp³-hybridized carbons (Fsp3) is 0.212. The fourth-order valence-corrected chi connectivity index (χ4v) is 6.19. The second-order valence-electron chi connectivity index (χ2n) is 10.9. The number of carbonyl (C=O) groups excluding carboxylic acids is 4. The molecule has 4 N–H and O–H groups in total. The highest BCUT2D eigenvalue weighted by molar-refractivity contribution is 6.37. The van der Waals surface area contributed by atoms with Crippen LogP contribution in [0.1, 0.15) is 56.8 Å². The molecule has 10 nitrogen and oxygen atoms in total. The van der Waals surface area contributed by atoms with E-state index in [1.807, 2.05) is 13.8 Å². The van der Waals surface area contributed by atoms with Gasteiger partial charge in [0, 0.05) is 29.4 Å². The summed E-state index contributed by atoms with van der Waals surface area (Å²) >= 11 is 12.1. The molecule has 12 heteroatoms. The van der Waals surface area contributed by atoms with Gasteiger partial charge in [-0.2, -0.15) is 0 Å². The van der Waals surface area contributed by atoms with Gasteiger partial charge in [0.25, 0.3) is 11.8 Å². The van der Waals surface area contributed by atoms with Crippen LogP contribution in [0.15, 0.2) is 59.6 Å². The van der Waals surface area contributed by atoms with Crippen molar-refractivity contribution in [2.24, 2.45) is 0 Å². The zero-order valence-corrected chi connectivity index (χ0v) is 26.4. The second kappa shape index (κ2) is 11.6. The molecule has 0 aromatic heterocycles. The van der Waals surface area contributed by atoms with Crippen LogP contribution >= 0.6 is 23.2 Å². The van der Waals surface area contributed by atoms with Crippen LogP contribution in [0.3, 0.4) is 0 Å². The molecule has 0 spiro atoms. The van der Waals surface area contributed by atoms with Gasteiger partial charge < -0.3 is 30.3 Å². The number of phenols is 1. The minimum absolute atomic E-state index is 0.0182. The molecule has 1 aliphatic heterocycles. The quantitative estimate of drug-likeness (QED) is 0.226. The number of aliphatic hydroxyl groups is 1. The van der Waals surface area contributed by atoms with Gasteiger partial charge in [-0.3, -0.25) is 19.2 Å². The number of phenolic OH excluding ortho intramolecular Hbond substituents is 1. The molecular weight excluding hydrogens is 623 g/mol. The Bertz CT molecular complexity index is 1890. The number of hydrogen-bond donors (Lipinski definition) is 4. The average Bonchev–Trinajstić information content (AvgIpc) is 3.25. The predicted molar refractivity (Wildman–Crippen MR) is 168 cm³/mol. The van der Waals surface area contributed by atoms with Crippen molar-refractivity contribution in [3.63, 3.8) is 0 Å². The molecule has 2 amide bonds. The first-order chi connectivity index (χ1) is 21.2. The Morgan fingerprint density at radius 1 is 1.02 bits per heavy atom. The van der Waals surface area contributed by atoms with E-state index >= 15 is 0 Å². The maximum atomic E-state index is 13.7. The lowest BCUT2D eigenvalue weighted by Gasteiger charge is -2.27. The number of benzene rings is 3. The van der Waals surface area contributed by atoms with Crippen LogP contribution in [0.5, 0.6) is 17.2 Å². The first kappa shape index (κ1) is 31.6.